The van der Waals surface area contributed by atoms with E-state index in [4.69, 9.17) is 4.74 Å². The van der Waals surface area contributed by atoms with Crippen LogP contribution in [-0.2, 0) is 14.3 Å². The first-order valence-corrected chi connectivity index (χ1v) is 8.74. The van der Waals surface area contributed by atoms with Gasteiger partial charge in [-0.3, -0.25) is 9.59 Å². The summed E-state index contributed by atoms with van der Waals surface area (Å²) in [4.78, 5) is 35.3. The van der Waals surface area contributed by atoms with Crippen LogP contribution >= 0.6 is 0 Å². The molecule has 1 atom stereocenters. The van der Waals surface area contributed by atoms with Crippen molar-refractivity contribution in [2.75, 3.05) is 11.9 Å². The molecule has 142 valence electrons. The van der Waals surface area contributed by atoms with Crippen LogP contribution in [0.5, 0.6) is 0 Å². The van der Waals surface area contributed by atoms with E-state index in [1.807, 2.05) is 20.8 Å². The van der Waals surface area contributed by atoms with Gasteiger partial charge in [-0.2, -0.15) is 0 Å². The lowest BCUT2D eigenvalue weighted by atomic mass is 10.1. The highest BCUT2D eigenvalue weighted by Crippen LogP contribution is 2.30. The zero-order chi connectivity index (χ0) is 19.3. The van der Waals surface area contributed by atoms with Gasteiger partial charge in [0.1, 0.15) is 6.04 Å². The summed E-state index contributed by atoms with van der Waals surface area (Å²) in [5.74, 6) is -1.49. The summed E-state index contributed by atoms with van der Waals surface area (Å²) in [5, 5.41) is 14.6. The van der Waals surface area contributed by atoms with Gasteiger partial charge in [-0.15, -0.1) is 0 Å². The number of carboxylic acids is 1. The molecule has 1 aliphatic rings. The number of hydrogen-bond donors (Lipinski definition) is 3. The van der Waals surface area contributed by atoms with Crippen molar-refractivity contribution in [3.8, 4) is 0 Å². The number of amides is 2. The topological polar surface area (TPSA) is 105 Å². The molecule has 0 bridgehead atoms. The summed E-state index contributed by atoms with van der Waals surface area (Å²) in [5.41, 5.74) is 0.581. The Morgan fingerprint density at radius 2 is 1.81 bits per heavy atom. The number of ether oxygens (including phenoxy) is 1. The van der Waals surface area contributed by atoms with E-state index in [0.717, 1.165) is 12.8 Å². The van der Waals surface area contributed by atoms with E-state index in [1.165, 1.54) is 0 Å². The molecule has 1 aromatic carbocycles. The highest BCUT2D eigenvalue weighted by atomic mass is 16.5. The quantitative estimate of drug-likeness (QED) is 0.659. The molecule has 0 spiro atoms. The molecule has 1 aliphatic carbocycles. The molecule has 1 unspecified atom stereocenters. The smallest absolute Gasteiger partial charge is 0.326 e. The number of hydrogen-bond acceptors (Lipinski definition) is 4. The highest BCUT2D eigenvalue weighted by Gasteiger charge is 2.29. The third-order valence-electron chi connectivity index (χ3n) is 3.91. The molecule has 1 saturated carbocycles. The SMILES string of the molecule is CC(C)(C)OCCC(NC(=O)c1ccc(NC(=O)C2CC2)cc1)C(=O)O. The highest BCUT2D eigenvalue weighted by molar-refractivity contribution is 5.98. The Morgan fingerprint density at radius 1 is 1.19 bits per heavy atom. The van der Waals surface area contributed by atoms with Crippen LogP contribution in [0, 0.1) is 5.92 Å². The van der Waals surface area contributed by atoms with Gasteiger partial charge < -0.3 is 20.5 Å². The summed E-state index contributed by atoms with van der Waals surface area (Å²) < 4.78 is 5.52. The fraction of sp³-hybridized carbons (Fsp3) is 0.526. The minimum absolute atomic E-state index is 0.00742. The number of anilines is 1. The van der Waals surface area contributed by atoms with Crippen molar-refractivity contribution in [1.82, 2.24) is 5.32 Å². The molecule has 0 aromatic heterocycles. The van der Waals surface area contributed by atoms with Crippen LogP contribution in [0.3, 0.4) is 0 Å². The van der Waals surface area contributed by atoms with Crippen LogP contribution in [-0.4, -0.2) is 41.1 Å². The number of nitrogens with one attached hydrogen (secondary N) is 2. The van der Waals surface area contributed by atoms with Gasteiger partial charge in [0.05, 0.1) is 5.60 Å². The largest absolute Gasteiger partial charge is 0.480 e. The summed E-state index contributed by atoms with van der Waals surface area (Å²) in [7, 11) is 0. The first kappa shape index (κ1) is 19.9. The Balaban J connectivity index is 1.89. The van der Waals surface area contributed by atoms with Crippen molar-refractivity contribution < 1.29 is 24.2 Å². The number of carboxylic acid groups (broad SMARTS) is 1. The molecule has 0 saturated heterocycles. The van der Waals surface area contributed by atoms with Gasteiger partial charge in [-0.25, -0.2) is 4.79 Å². The van der Waals surface area contributed by atoms with Gasteiger partial charge in [0, 0.05) is 30.2 Å². The molecule has 1 fully saturated rings. The molecule has 0 aliphatic heterocycles. The van der Waals surface area contributed by atoms with E-state index in [1.54, 1.807) is 24.3 Å². The number of rotatable bonds is 8. The lowest BCUT2D eigenvalue weighted by Gasteiger charge is -2.21. The second kappa shape index (κ2) is 8.31. The predicted molar refractivity (Wildman–Crippen MR) is 97.0 cm³/mol. The van der Waals surface area contributed by atoms with Crippen molar-refractivity contribution in [2.24, 2.45) is 5.92 Å². The lowest BCUT2D eigenvalue weighted by Crippen LogP contribution is -2.42. The van der Waals surface area contributed by atoms with Crippen molar-refractivity contribution in [1.29, 1.82) is 0 Å². The Kier molecular flexibility index (Phi) is 6.37. The van der Waals surface area contributed by atoms with Gasteiger partial charge in [-0.1, -0.05) is 0 Å². The number of benzene rings is 1. The second-order valence-corrected chi connectivity index (χ2v) is 7.45. The molecule has 2 rings (SSSR count). The predicted octanol–water partition coefficient (Wildman–Crippen LogP) is 2.42. The molecule has 1 aromatic rings. The molecule has 26 heavy (non-hydrogen) atoms. The van der Waals surface area contributed by atoms with E-state index in [-0.39, 0.29) is 30.5 Å². The van der Waals surface area contributed by atoms with Crippen LogP contribution < -0.4 is 10.6 Å². The van der Waals surface area contributed by atoms with E-state index < -0.39 is 17.9 Å². The van der Waals surface area contributed by atoms with Gasteiger partial charge in [-0.05, 0) is 57.9 Å². The monoisotopic (exact) mass is 362 g/mol. The van der Waals surface area contributed by atoms with Gasteiger partial charge in [0.25, 0.3) is 5.91 Å². The summed E-state index contributed by atoms with van der Waals surface area (Å²) >= 11 is 0. The van der Waals surface area contributed by atoms with Crippen LogP contribution in [0.2, 0.25) is 0 Å². The Hall–Kier alpha value is -2.41. The average Bonchev–Trinajstić information content (AvgIpc) is 3.38. The third-order valence-corrected chi connectivity index (χ3v) is 3.91. The molecule has 0 radical (unpaired) electrons. The van der Waals surface area contributed by atoms with E-state index in [0.29, 0.717) is 11.3 Å². The number of carbonyl (C=O) groups is 3. The van der Waals surface area contributed by atoms with Crippen LogP contribution in [0.25, 0.3) is 0 Å². The fourth-order valence-electron chi connectivity index (χ4n) is 2.28. The molecule has 3 N–H and O–H groups in total. The number of aliphatic carboxylic acids is 1. The van der Waals surface area contributed by atoms with Gasteiger partial charge in [0.2, 0.25) is 5.91 Å². The van der Waals surface area contributed by atoms with Crippen LogP contribution in [0.15, 0.2) is 24.3 Å². The minimum Gasteiger partial charge on any atom is -0.480 e. The molecule has 2 amide bonds. The average molecular weight is 362 g/mol. The Morgan fingerprint density at radius 3 is 2.31 bits per heavy atom. The summed E-state index contributed by atoms with van der Waals surface area (Å²) in [6.07, 6.45) is 2.01. The van der Waals surface area contributed by atoms with Crippen molar-refractivity contribution in [2.45, 2.75) is 51.7 Å². The van der Waals surface area contributed by atoms with Crippen molar-refractivity contribution in [3.05, 3.63) is 29.8 Å². The fourth-order valence-corrected chi connectivity index (χ4v) is 2.28. The maximum atomic E-state index is 12.3. The molecular formula is C19H26N2O5. The van der Waals surface area contributed by atoms with Gasteiger partial charge >= 0.3 is 5.97 Å². The minimum atomic E-state index is -1.11. The normalized spacial score (nSPS) is 15.2. The second-order valence-electron chi connectivity index (χ2n) is 7.45. The van der Waals surface area contributed by atoms with Crippen molar-refractivity contribution >= 4 is 23.5 Å². The zero-order valence-corrected chi connectivity index (χ0v) is 15.4. The molecule has 7 nitrogen and oxygen atoms in total. The Bertz CT molecular complexity index is 660. The molecule has 0 heterocycles. The summed E-state index contributed by atoms with van der Waals surface area (Å²) in [6.45, 7) is 5.87. The first-order valence-electron chi connectivity index (χ1n) is 8.74. The molecule has 7 heteroatoms. The Labute approximate surface area is 153 Å². The van der Waals surface area contributed by atoms with Crippen LogP contribution in [0.4, 0.5) is 5.69 Å². The van der Waals surface area contributed by atoms with Gasteiger partial charge in [0.15, 0.2) is 0 Å². The maximum Gasteiger partial charge on any atom is 0.326 e. The standard InChI is InChI=1S/C19H26N2O5/c1-19(2,3)26-11-10-15(18(24)25)21-17(23)13-6-8-14(9-7-13)20-16(22)12-4-5-12/h6-9,12,15H,4-5,10-11H2,1-3H3,(H,20,22)(H,21,23)(H,24,25). The maximum absolute atomic E-state index is 12.3. The molecular weight excluding hydrogens is 336 g/mol. The zero-order valence-electron chi connectivity index (χ0n) is 15.4. The van der Waals surface area contributed by atoms with E-state index in [9.17, 15) is 19.5 Å². The third kappa shape index (κ3) is 6.48. The van der Waals surface area contributed by atoms with E-state index in [2.05, 4.69) is 10.6 Å². The van der Waals surface area contributed by atoms with Crippen LogP contribution in [0.1, 0.15) is 50.4 Å². The summed E-state index contributed by atoms with van der Waals surface area (Å²) in [6, 6.07) is 5.35. The van der Waals surface area contributed by atoms with E-state index >= 15 is 0 Å². The lowest BCUT2D eigenvalue weighted by molar-refractivity contribution is -0.140. The number of carbonyl (C=O) groups excluding carboxylic acids is 2. The van der Waals surface area contributed by atoms with Crippen molar-refractivity contribution in [3.63, 3.8) is 0 Å². The first-order chi connectivity index (χ1) is 12.2.